The highest BCUT2D eigenvalue weighted by Crippen LogP contribution is 2.32. The monoisotopic (exact) mass is 257 g/mol. The Labute approximate surface area is 105 Å². The Hall–Kier alpha value is -0.860. The van der Waals surface area contributed by atoms with E-state index in [0.717, 1.165) is 18.0 Å². The van der Waals surface area contributed by atoms with Crippen LogP contribution in [0.2, 0.25) is 10.0 Å². The van der Waals surface area contributed by atoms with Gasteiger partial charge in [-0.3, -0.25) is 0 Å². The molecule has 2 rings (SSSR count). The molecular formula is C12H13Cl2NO. The van der Waals surface area contributed by atoms with Crippen LogP contribution in [0.25, 0.3) is 0 Å². The van der Waals surface area contributed by atoms with E-state index in [2.05, 4.69) is 19.9 Å². The lowest BCUT2D eigenvalue weighted by molar-refractivity contribution is 0.187. The molecule has 1 heterocycles. The average molecular weight is 258 g/mol. The summed E-state index contributed by atoms with van der Waals surface area (Å²) in [5, 5.41) is 3.00. The van der Waals surface area contributed by atoms with Crippen LogP contribution in [0.3, 0.4) is 0 Å². The Kier molecular flexibility index (Phi) is 3.31. The number of nitrogens with zero attached hydrogens (tertiary/aromatic N) is 1. The standard InChI is InChI=1S/C12H13Cl2NO/c1-8(2)12-5-6-15(16-12)11-4-3-9(13)7-10(11)14/h3-5,7-8H,6H2,1-2H3. The van der Waals surface area contributed by atoms with Gasteiger partial charge in [0.15, 0.2) is 0 Å². The van der Waals surface area contributed by atoms with E-state index in [-0.39, 0.29) is 0 Å². The van der Waals surface area contributed by atoms with E-state index in [1.807, 2.05) is 6.07 Å². The number of allylic oxidation sites excluding steroid dienone is 1. The normalized spacial score (nSPS) is 15.3. The predicted octanol–water partition coefficient (Wildman–Crippen LogP) is 4.28. The van der Waals surface area contributed by atoms with Crippen LogP contribution in [0.1, 0.15) is 13.8 Å². The maximum atomic E-state index is 6.11. The number of halogens is 2. The number of anilines is 1. The van der Waals surface area contributed by atoms with Gasteiger partial charge in [0, 0.05) is 10.9 Å². The van der Waals surface area contributed by atoms with E-state index in [1.165, 1.54) is 0 Å². The van der Waals surface area contributed by atoms with Crippen LogP contribution in [0.5, 0.6) is 0 Å². The molecule has 0 saturated carbocycles. The zero-order chi connectivity index (χ0) is 11.7. The molecule has 0 radical (unpaired) electrons. The van der Waals surface area contributed by atoms with E-state index in [4.69, 9.17) is 28.0 Å². The molecule has 1 aliphatic rings. The SMILES string of the molecule is CC(C)C1=CCN(c2ccc(Cl)cc2Cl)O1. The summed E-state index contributed by atoms with van der Waals surface area (Å²) in [6, 6.07) is 5.39. The molecule has 0 amide bonds. The summed E-state index contributed by atoms with van der Waals surface area (Å²) in [5.41, 5.74) is 0.845. The molecule has 0 atom stereocenters. The molecule has 86 valence electrons. The second kappa shape index (κ2) is 4.56. The lowest BCUT2D eigenvalue weighted by atomic mass is 10.2. The fraction of sp³-hybridized carbons (Fsp3) is 0.333. The Bertz CT molecular complexity index is 429. The first-order valence-electron chi connectivity index (χ1n) is 5.18. The van der Waals surface area contributed by atoms with Crippen molar-refractivity contribution in [3.63, 3.8) is 0 Å². The molecule has 1 aliphatic heterocycles. The van der Waals surface area contributed by atoms with Gasteiger partial charge in [0.25, 0.3) is 0 Å². The summed E-state index contributed by atoms with van der Waals surface area (Å²) in [6.07, 6.45) is 2.07. The summed E-state index contributed by atoms with van der Waals surface area (Å²) in [7, 11) is 0. The quantitative estimate of drug-likeness (QED) is 0.784. The highest BCUT2D eigenvalue weighted by Gasteiger charge is 2.20. The minimum absolute atomic E-state index is 0.385. The van der Waals surface area contributed by atoms with Crippen LogP contribution in [-0.4, -0.2) is 6.54 Å². The van der Waals surface area contributed by atoms with Gasteiger partial charge in [0.05, 0.1) is 17.3 Å². The fourth-order valence-electron chi connectivity index (χ4n) is 1.55. The highest BCUT2D eigenvalue weighted by molar-refractivity contribution is 6.36. The minimum atomic E-state index is 0.385. The third-order valence-electron chi connectivity index (χ3n) is 2.42. The van der Waals surface area contributed by atoms with Crippen LogP contribution >= 0.6 is 23.2 Å². The van der Waals surface area contributed by atoms with Crippen molar-refractivity contribution in [2.24, 2.45) is 5.92 Å². The Morgan fingerprint density at radius 2 is 2.06 bits per heavy atom. The lowest BCUT2D eigenvalue weighted by Gasteiger charge is -2.20. The second-order valence-electron chi connectivity index (χ2n) is 4.01. The molecule has 4 heteroatoms. The molecule has 0 aromatic heterocycles. The van der Waals surface area contributed by atoms with Crippen molar-refractivity contribution in [1.29, 1.82) is 0 Å². The molecular weight excluding hydrogens is 245 g/mol. The molecule has 0 fully saturated rings. The molecule has 0 bridgehead atoms. The molecule has 0 unspecified atom stereocenters. The van der Waals surface area contributed by atoms with Gasteiger partial charge in [-0.15, -0.1) is 0 Å². The molecule has 2 nitrogen and oxygen atoms in total. The molecule has 16 heavy (non-hydrogen) atoms. The molecule has 0 aliphatic carbocycles. The maximum Gasteiger partial charge on any atom is 0.132 e. The third-order valence-corrected chi connectivity index (χ3v) is 2.96. The van der Waals surface area contributed by atoms with Gasteiger partial charge >= 0.3 is 0 Å². The van der Waals surface area contributed by atoms with Gasteiger partial charge < -0.3 is 4.84 Å². The van der Waals surface area contributed by atoms with Crippen molar-refractivity contribution in [3.8, 4) is 0 Å². The van der Waals surface area contributed by atoms with Crippen molar-refractivity contribution in [2.75, 3.05) is 11.6 Å². The van der Waals surface area contributed by atoms with Crippen LogP contribution in [0.15, 0.2) is 30.0 Å². The van der Waals surface area contributed by atoms with Gasteiger partial charge in [-0.2, -0.15) is 0 Å². The number of rotatable bonds is 2. The summed E-state index contributed by atoms with van der Waals surface area (Å²) in [4.78, 5) is 5.70. The van der Waals surface area contributed by atoms with E-state index in [0.29, 0.717) is 16.0 Å². The first-order chi connectivity index (χ1) is 7.58. The Balaban J connectivity index is 2.16. The largest absolute Gasteiger partial charge is 0.384 e. The second-order valence-corrected chi connectivity index (χ2v) is 4.85. The summed E-state index contributed by atoms with van der Waals surface area (Å²) in [6.45, 7) is 4.91. The van der Waals surface area contributed by atoms with Crippen molar-refractivity contribution < 1.29 is 4.84 Å². The zero-order valence-electron chi connectivity index (χ0n) is 9.21. The molecule has 0 spiro atoms. The van der Waals surface area contributed by atoms with Gasteiger partial charge in [0.2, 0.25) is 0 Å². The number of hydrogen-bond donors (Lipinski definition) is 0. The summed E-state index contributed by atoms with van der Waals surface area (Å²) in [5.74, 6) is 1.36. The summed E-state index contributed by atoms with van der Waals surface area (Å²) >= 11 is 12.0. The number of hydroxylamine groups is 1. The minimum Gasteiger partial charge on any atom is -0.384 e. The van der Waals surface area contributed by atoms with E-state index < -0.39 is 0 Å². The smallest absolute Gasteiger partial charge is 0.132 e. The first-order valence-corrected chi connectivity index (χ1v) is 5.94. The number of benzene rings is 1. The van der Waals surface area contributed by atoms with Crippen LogP contribution < -0.4 is 5.06 Å². The molecule has 1 aromatic rings. The van der Waals surface area contributed by atoms with Crippen molar-refractivity contribution >= 4 is 28.9 Å². The molecule has 0 saturated heterocycles. The van der Waals surface area contributed by atoms with Gasteiger partial charge in [-0.25, -0.2) is 5.06 Å². The topological polar surface area (TPSA) is 12.5 Å². The Morgan fingerprint density at radius 1 is 1.31 bits per heavy atom. The fourth-order valence-corrected chi connectivity index (χ4v) is 2.05. The average Bonchev–Trinajstić information content (AvgIpc) is 2.66. The van der Waals surface area contributed by atoms with Crippen LogP contribution in [0, 0.1) is 5.92 Å². The van der Waals surface area contributed by atoms with Crippen LogP contribution in [-0.2, 0) is 4.84 Å². The molecule has 0 N–H and O–H groups in total. The molecule has 1 aromatic carbocycles. The first kappa shape index (κ1) is 11.6. The van der Waals surface area contributed by atoms with Gasteiger partial charge in [-0.1, -0.05) is 37.0 Å². The Morgan fingerprint density at radius 3 is 2.62 bits per heavy atom. The van der Waals surface area contributed by atoms with E-state index >= 15 is 0 Å². The summed E-state index contributed by atoms with van der Waals surface area (Å²) < 4.78 is 0. The van der Waals surface area contributed by atoms with Gasteiger partial charge in [-0.05, 0) is 24.3 Å². The predicted molar refractivity (Wildman–Crippen MR) is 67.8 cm³/mol. The maximum absolute atomic E-state index is 6.11. The van der Waals surface area contributed by atoms with E-state index in [1.54, 1.807) is 17.2 Å². The zero-order valence-corrected chi connectivity index (χ0v) is 10.7. The van der Waals surface area contributed by atoms with Crippen molar-refractivity contribution in [2.45, 2.75) is 13.8 Å². The van der Waals surface area contributed by atoms with Crippen molar-refractivity contribution in [3.05, 3.63) is 40.1 Å². The lowest BCUT2D eigenvalue weighted by Crippen LogP contribution is -2.18. The van der Waals surface area contributed by atoms with E-state index in [9.17, 15) is 0 Å². The van der Waals surface area contributed by atoms with Crippen molar-refractivity contribution in [1.82, 2.24) is 0 Å². The third kappa shape index (κ3) is 2.28. The number of hydrogen-bond acceptors (Lipinski definition) is 2. The highest BCUT2D eigenvalue weighted by atomic mass is 35.5. The van der Waals surface area contributed by atoms with Crippen LogP contribution in [0.4, 0.5) is 5.69 Å². The van der Waals surface area contributed by atoms with Gasteiger partial charge in [0.1, 0.15) is 5.76 Å².